The van der Waals surface area contributed by atoms with Gasteiger partial charge in [-0.2, -0.15) is 5.10 Å². The topological polar surface area (TPSA) is 102 Å². The number of nitrogens with zero attached hydrogens (tertiary/aromatic N) is 5. The summed E-state index contributed by atoms with van der Waals surface area (Å²) < 4.78 is 30.6. The van der Waals surface area contributed by atoms with Crippen LogP contribution in [-0.4, -0.2) is 59.9 Å². The Morgan fingerprint density at radius 1 is 1.06 bits per heavy atom. The third-order valence-electron chi connectivity index (χ3n) is 9.44. The number of halogens is 1. The molecular formula is C36H42FN5O4Si. The number of hydrogen-bond donors (Lipinski definition) is 1. The molecule has 0 bridgehead atoms. The number of hydrogen-bond acceptors (Lipinski definition) is 7. The van der Waals surface area contributed by atoms with Crippen LogP contribution in [0.1, 0.15) is 60.6 Å². The van der Waals surface area contributed by atoms with Crippen LogP contribution in [0.2, 0.25) is 18.6 Å². The van der Waals surface area contributed by atoms with Crippen molar-refractivity contribution in [2.75, 3.05) is 18.7 Å². The van der Waals surface area contributed by atoms with Crippen LogP contribution in [0, 0.1) is 5.92 Å². The van der Waals surface area contributed by atoms with Crippen molar-refractivity contribution >= 4 is 25.7 Å². The molecule has 246 valence electrons. The van der Waals surface area contributed by atoms with Gasteiger partial charge in [-0.05, 0) is 48.8 Å². The van der Waals surface area contributed by atoms with Gasteiger partial charge in [-0.1, -0.05) is 72.8 Å². The number of anilines is 1. The Labute approximate surface area is 276 Å². The van der Waals surface area contributed by atoms with Gasteiger partial charge in [0, 0.05) is 49.7 Å². The molecule has 1 aromatic heterocycles. The number of aromatic nitrogens is 3. The van der Waals surface area contributed by atoms with E-state index in [0.717, 1.165) is 22.4 Å². The lowest BCUT2D eigenvalue weighted by Gasteiger charge is -2.43. The normalized spacial score (nSPS) is 21.1. The number of rotatable bonds is 11. The van der Waals surface area contributed by atoms with E-state index in [0.29, 0.717) is 42.9 Å². The zero-order valence-electron chi connectivity index (χ0n) is 27.3. The van der Waals surface area contributed by atoms with Crippen molar-refractivity contribution in [2.24, 2.45) is 11.0 Å². The molecular weight excluding hydrogens is 614 g/mol. The second kappa shape index (κ2) is 13.9. The summed E-state index contributed by atoms with van der Waals surface area (Å²) in [7, 11) is -1.59. The molecule has 1 amide bonds. The van der Waals surface area contributed by atoms with E-state index in [4.69, 9.17) is 14.6 Å². The lowest BCUT2D eigenvalue weighted by atomic mass is 9.86. The van der Waals surface area contributed by atoms with Crippen LogP contribution in [0.3, 0.4) is 0 Å². The van der Waals surface area contributed by atoms with E-state index in [1.807, 2.05) is 92.0 Å². The van der Waals surface area contributed by atoms with Crippen molar-refractivity contribution in [3.8, 4) is 5.75 Å². The molecule has 2 aliphatic rings. The minimum atomic E-state index is -3.25. The second-order valence-electron chi connectivity index (χ2n) is 13.0. The molecule has 0 saturated carbocycles. The number of aliphatic hydroxyl groups excluding tert-OH is 1. The summed E-state index contributed by atoms with van der Waals surface area (Å²) in [5.74, 6) is 0.102. The first-order valence-electron chi connectivity index (χ1n) is 16.2. The molecule has 9 nitrogen and oxygen atoms in total. The van der Waals surface area contributed by atoms with E-state index in [9.17, 15) is 9.90 Å². The van der Waals surface area contributed by atoms with Crippen molar-refractivity contribution in [1.29, 1.82) is 0 Å². The zero-order chi connectivity index (χ0) is 33.1. The largest absolute Gasteiger partial charge is 0.490 e. The summed E-state index contributed by atoms with van der Waals surface area (Å²) in [6.07, 6.45) is 2.50. The Bertz CT molecular complexity index is 1710. The highest BCUT2D eigenvalue weighted by Crippen LogP contribution is 2.48. The van der Waals surface area contributed by atoms with Gasteiger partial charge in [0.2, 0.25) is 14.3 Å². The summed E-state index contributed by atoms with van der Waals surface area (Å²) in [6, 6.07) is 25.2. The molecule has 3 aromatic carbocycles. The molecule has 0 saturated heterocycles. The first kappa shape index (κ1) is 32.7. The van der Waals surface area contributed by atoms with Crippen LogP contribution in [-0.2, 0) is 16.1 Å². The molecule has 4 aromatic rings. The first-order chi connectivity index (χ1) is 22.7. The number of carbonyl (C=O) groups excluding carboxylic acids is 1. The summed E-state index contributed by atoms with van der Waals surface area (Å²) in [5.41, 5.74) is 4.59. The maximum atomic E-state index is 16.1. The predicted octanol–water partition coefficient (Wildman–Crippen LogP) is 6.65. The maximum Gasteiger partial charge on any atom is 0.247 e. The number of aryl methyl sites for hydroxylation is 1. The van der Waals surface area contributed by atoms with Crippen molar-refractivity contribution in [3.05, 3.63) is 107 Å². The Kier molecular flexibility index (Phi) is 9.67. The van der Waals surface area contributed by atoms with Crippen molar-refractivity contribution in [2.45, 2.75) is 69.5 Å². The smallest absolute Gasteiger partial charge is 0.247 e. The Balaban J connectivity index is 1.23. The Morgan fingerprint density at radius 3 is 2.47 bits per heavy atom. The fraction of sp³-hybridized carbons (Fsp3) is 0.389. The number of benzene rings is 3. The third-order valence-corrected chi connectivity index (χ3v) is 11.8. The molecule has 1 N–H and O–H groups in total. The molecule has 2 unspecified atom stereocenters. The monoisotopic (exact) mass is 655 g/mol. The molecule has 0 spiro atoms. The average Bonchev–Trinajstić information content (AvgIpc) is 3.54. The number of fused-ring (bicyclic) bond motifs is 1. The van der Waals surface area contributed by atoms with Crippen LogP contribution in [0.25, 0.3) is 0 Å². The minimum absolute atomic E-state index is 0.0724. The van der Waals surface area contributed by atoms with Gasteiger partial charge in [-0.15, -0.1) is 5.10 Å². The molecule has 0 fully saturated rings. The number of carbonyl (C=O) groups is 1. The highest BCUT2D eigenvalue weighted by atomic mass is 28.4. The molecule has 5 atom stereocenters. The van der Waals surface area contributed by atoms with Crippen LogP contribution >= 0.6 is 0 Å². The van der Waals surface area contributed by atoms with Crippen molar-refractivity contribution in [3.63, 3.8) is 0 Å². The molecule has 47 heavy (non-hydrogen) atoms. The molecule has 11 heteroatoms. The Hall–Kier alpha value is -4.19. The molecule has 0 aliphatic carbocycles. The van der Waals surface area contributed by atoms with Crippen molar-refractivity contribution in [1.82, 2.24) is 15.0 Å². The van der Waals surface area contributed by atoms with Gasteiger partial charge in [0.15, 0.2) is 0 Å². The van der Waals surface area contributed by atoms with Crippen LogP contribution in [0.4, 0.5) is 9.80 Å². The summed E-state index contributed by atoms with van der Waals surface area (Å²) >= 11 is 0. The number of methoxy groups -OCH3 is 1. The third kappa shape index (κ3) is 6.93. The van der Waals surface area contributed by atoms with Crippen LogP contribution in [0.15, 0.2) is 90.2 Å². The van der Waals surface area contributed by atoms with Gasteiger partial charge in [-0.25, -0.2) is 5.01 Å². The van der Waals surface area contributed by atoms with Gasteiger partial charge >= 0.3 is 0 Å². The Morgan fingerprint density at radius 2 is 1.79 bits per heavy atom. The number of ether oxygens (including phenoxy) is 2. The van der Waals surface area contributed by atoms with Gasteiger partial charge in [0.05, 0.1) is 35.7 Å². The second-order valence-corrected chi connectivity index (χ2v) is 16.8. The lowest BCUT2D eigenvalue weighted by molar-refractivity contribution is -0.118. The fourth-order valence-electron chi connectivity index (χ4n) is 6.90. The van der Waals surface area contributed by atoms with Gasteiger partial charge in [0.1, 0.15) is 11.9 Å². The van der Waals surface area contributed by atoms with E-state index in [2.05, 4.69) is 10.3 Å². The number of amides is 1. The van der Waals surface area contributed by atoms with E-state index in [1.54, 1.807) is 24.9 Å². The molecule has 0 radical (unpaired) electrons. The average molecular weight is 656 g/mol. The predicted molar refractivity (Wildman–Crippen MR) is 182 cm³/mol. The first-order valence-corrected chi connectivity index (χ1v) is 19.2. The van der Waals surface area contributed by atoms with Crippen LogP contribution < -0.4 is 9.75 Å². The number of aliphatic hydroxyl groups is 1. The van der Waals surface area contributed by atoms with E-state index < -0.39 is 14.5 Å². The minimum Gasteiger partial charge on any atom is -0.490 e. The fourth-order valence-corrected chi connectivity index (χ4v) is 8.86. The zero-order valence-corrected chi connectivity index (χ0v) is 28.3. The maximum absolute atomic E-state index is 16.1. The highest BCUT2D eigenvalue weighted by molar-refractivity contribution is 6.72. The number of hydrazone groups is 1. The highest BCUT2D eigenvalue weighted by Gasteiger charge is 2.47. The molecule has 3 heterocycles. The molecule has 6 rings (SSSR count). The van der Waals surface area contributed by atoms with Gasteiger partial charge in [0.25, 0.3) is 0 Å². The van der Waals surface area contributed by atoms with E-state index >= 15 is 4.11 Å². The quantitative estimate of drug-likeness (QED) is 0.143. The summed E-state index contributed by atoms with van der Waals surface area (Å²) in [6.45, 7) is 5.86. The SMILES string of the molecule is CO[C@@H]1c2cc(N3N=C(c4ccccc4)CCC3=O)ccc2O[C@H](C(CCn2cc(C(CO)c3ccccc3)nn2)[Si](C)(C)F)[C@H]1C. The van der Waals surface area contributed by atoms with Crippen LogP contribution in [0.5, 0.6) is 5.75 Å². The summed E-state index contributed by atoms with van der Waals surface area (Å²) in [5, 5.41) is 25.0. The van der Waals surface area contributed by atoms with Gasteiger partial charge in [-0.3, -0.25) is 9.48 Å². The summed E-state index contributed by atoms with van der Waals surface area (Å²) in [4.78, 5) is 13.0. The van der Waals surface area contributed by atoms with E-state index in [-0.39, 0.29) is 36.0 Å². The van der Waals surface area contributed by atoms with Gasteiger partial charge < -0.3 is 18.7 Å². The lowest BCUT2D eigenvalue weighted by Crippen LogP contribution is -2.46. The molecule has 2 aliphatic heterocycles. The van der Waals surface area contributed by atoms with Crippen molar-refractivity contribution < 1.29 is 23.5 Å². The standard InChI is InChI=1S/C36H42FN5O4Si/c1-24-35(45-2)28-21-27(42-34(44)18-16-30(39-42)26-13-9-6-10-14-26)15-17-32(28)46-36(24)33(47(3,4)37)19-20-41-22-31(38-40-41)29(23-43)25-11-7-5-8-12-25/h5-15,17,21-22,24,29,33,35-36,43H,16,18-20,23H2,1-4H3/t24-,29?,33?,35-,36-/m0/s1. The van der Waals surface area contributed by atoms with E-state index in [1.165, 1.54) is 5.01 Å².